The average molecular weight is 336 g/mol. The number of hydrogen-bond donors (Lipinski definition) is 2. The summed E-state index contributed by atoms with van der Waals surface area (Å²) < 4.78 is 5.05. The van der Waals surface area contributed by atoms with Crippen molar-refractivity contribution in [3.05, 3.63) is 17.5 Å². The van der Waals surface area contributed by atoms with Crippen LogP contribution in [0.1, 0.15) is 50.3 Å². The minimum atomic E-state index is -0.0862. The molecule has 0 saturated heterocycles. The summed E-state index contributed by atoms with van der Waals surface area (Å²) in [7, 11) is 5.57. The Hall–Kier alpha value is -1.40. The maximum Gasteiger partial charge on any atom is 0.309 e. The van der Waals surface area contributed by atoms with Gasteiger partial charge in [-0.3, -0.25) is 9.89 Å². The number of esters is 1. The Kier molecular flexibility index (Phi) is 6.40. The molecule has 0 bridgehead atoms. The van der Waals surface area contributed by atoms with Crippen LogP contribution in [0.3, 0.4) is 0 Å². The summed E-state index contributed by atoms with van der Waals surface area (Å²) >= 11 is 0. The van der Waals surface area contributed by atoms with Crippen LogP contribution in [0, 0.1) is 11.3 Å². The first-order valence-corrected chi connectivity index (χ1v) is 8.82. The maximum atomic E-state index is 12.2. The normalized spacial score (nSPS) is 23.4. The van der Waals surface area contributed by atoms with E-state index in [4.69, 9.17) is 4.74 Å². The van der Waals surface area contributed by atoms with Gasteiger partial charge in [0.2, 0.25) is 0 Å². The minimum Gasteiger partial charge on any atom is -0.469 e. The van der Waals surface area contributed by atoms with Crippen LogP contribution >= 0.6 is 0 Å². The van der Waals surface area contributed by atoms with E-state index in [0.717, 1.165) is 38.9 Å². The third kappa shape index (κ3) is 4.36. The molecule has 0 amide bonds. The second-order valence-electron chi connectivity index (χ2n) is 7.69. The molecule has 6 nitrogen and oxygen atoms in total. The third-order valence-corrected chi connectivity index (χ3v) is 5.43. The van der Waals surface area contributed by atoms with Crippen LogP contribution in [0.5, 0.6) is 0 Å². The van der Waals surface area contributed by atoms with Crippen molar-refractivity contribution in [2.75, 3.05) is 34.3 Å². The zero-order valence-corrected chi connectivity index (χ0v) is 15.7. The number of likely N-dealkylation sites (N-methyl/N-ethyl adjacent to an activating group) is 2. The fraction of sp³-hybridized carbons (Fsp3) is 0.778. The molecule has 1 aliphatic carbocycles. The van der Waals surface area contributed by atoms with Gasteiger partial charge in [0.05, 0.1) is 19.2 Å². The molecule has 1 aromatic heterocycles. The smallest absolute Gasteiger partial charge is 0.309 e. The number of H-pyrrole nitrogens is 1. The predicted molar refractivity (Wildman–Crippen MR) is 94.7 cm³/mol. The molecule has 0 aromatic carbocycles. The van der Waals surface area contributed by atoms with E-state index < -0.39 is 0 Å². The second-order valence-corrected chi connectivity index (χ2v) is 7.69. The Morgan fingerprint density at radius 1 is 1.54 bits per heavy atom. The van der Waals surface area contributed by atoms with Gasteiger partial charge < -0.3 is 15.0 Å². The van der Waals surface area contributed by atoms with Crippen molar-refractivity contribution in [3.8, 4) is 0 Å². The fourth-order valence-electron chi connectivity index (χ4n) is 3.73. The largest absolute Gasteiger partial charge is 0.469 e. The van der Waals surface area contributed by atoms with E-state index in [1.807, 2.05) is 13.2 Å². The first-order valence-electron chi connectivity index (χ1n) is 8.82. The first-order chi connectivity index (χ1) is 11.4. The van der Waals surface area contributed by atoms with E-state index in [1.54, 1.807) is 0 Å². The van der Waals surface area contributed by atoms with E-state index in [2.05, 4.69) is 41.3 Å². The molecule has 6 heteroatoms. The molecule has 1 aliphatic rings. The molecule has 24 heavy (non-hydrogen) atoms. The Balaban J connectivity index is 2.09. The molecule has 2 unspecified atom stereocenters. The van der Waals surface area contributed by atoms with Crippen molar-refractivity contribution >= 4 is 5.97 Å². The van der Waals surface area contributed by atoms with Gasteiger partial charge in [0.1, 0.15) is 0 Å². The Morgan fingerprint density at radius 2 is 2.29 bits per heavy atom. The van der Waals surface area contributed by atoms with E-state index in [0.29, 0.717) is 5.92 Å². The van der Waals surface area contributed by atoms with Crippen LogP contribution in [0.15, 0.2) is 6.20 Å². The number of methoxy groups -OCH3 is 1. The summed E-state index contributed by atoms with van der Waals surface area (Å²) in [5.74, 6) is 0.202. The molecule has 2 N–H and O–H groups in total. The van der Waals surface area contributed by atoms with E-state index in [1.165, 1.54) is 18.4 Å². The quantitative estimate of drug-likeness (QED) is 0.747. The SMILES string of the molecule is CNCCN(C)Cc1cn[nH]c1C1CCC(C)(C)C(C(=O)OC)C1. The number of hydrogen-bond acceptors (Lipinski definition) is 5. The molecular weight excluding hydrogens is 304 g/mol. The molecule has 2 rings (SSSR count). The van der Waals surface area contributed by atoms with Crippen molar-refractivity contribution < 1.29 is 9.53 Å². The van der Waals surface area contributed by atoms with Crippen molar-refractivity contribution in [1.82, 2.24) is 20.4 Å². The molecule has 1 heterocycles. The minimum absolute atomic E-state index is 0.00658. The number of aromatic nitrogens is 2. The van der Waals surface area contributed by atoms with Gasteiger partial charge in [-0.2, -0.15) is 5.10 Å². The van der Waals surface area contributed by atoms with Crippen molar-refractivity contribution in [2.24, 2.45) is 11.3 Å². The van der Waals surface area contributed by atoms with Crippen LogP contribution in [0.2, 0.25) is 0 Å². The van der Waals surface area contributed by atoms with Gasteiger partial charge in [-0.25, -0.2) is 0 Å². The molecule has 2 atom stereocenters. The summed E-state index contributed by atoms with van der Waals surface area (Å²) in [6.45, 7) is 7.17. The topological polar surface area (TPSA) is 70.2 Å². The number of carbonyl (C=O) groups is 1. The number of aromatic amines is 1. The highest BCUT2D eigenvalue weighted by Gasteiger charge is 2.42. The summed E-state index contributed by atoms with van der Waals surface area (Å²) in [6, 6.07) is 0. The van der Waals surface area contributed by atoms with Gasteiger partial charge in [-0.1, -0.05) is 13.8 Å². The van der Waals surface area contributed by atoms with E-state index in [-0.39, 0.29) is 17.3 Å². The lowest BCUT2D eigenvalue weighted by molar-refractivity contribution is -0.151. The van der Waals surface area contributed by atoms with Crippen LogP contribution in [0.25, 0.3) is 0 Å². The van der Waals surface area contributed by atoms with Crippen molar-refractivity contribution in [3.63, 3.8) is 0 Å². The van der Waals surface area contributed by atoms with Gasteiger partial charge in [0.15, 0.2) is 0 Å². The highest BCUT2D eigenvalue weighted by Crippen LogP contribution is 2.47. The average Bonchev–Trinajstić information content (AvgIpc) is 3.00. The molecular formula is C18H32N4O2. The van der Waals surface area contributed by atoms with Crippen LogP contribution < -0.4 is 5.32 Å². The van der Waals surface area contributed by atoms with Crippen molar-refractivity contribution in [2.45, 2.75) is 45.6 Å². The Labute approximate surface area is 145 Å². The lowest BCUT2D eigenvalue weighted by atomic mass is 9.64. The fourth-order valence-corrected chi connectivity index (χ4v) is 3.73. The van der Waals surface area contributed by atoms with Crippen LogP contribution in [0.4, 0.5) is 0 Å². The molecule has 1 fully saturated rings. The number of carbonyl (C=O) groups excluding carboxylic acids is 1. The molecule has 1 aromatic rings. The van der Waals surface area contributed by atoms with Gasteiger partial charge in [-0.05, 0) is 38.8 Å². The molecule has 0 aliphatic heterocycles. The van der Waals surface area contributed by atoms with E-state index in [9.17, 15) is 4.79 Å². The Morgan fingerprint density at radius 3 is 2.96 bits per heavy atom. The van der Waals surface area contributed by atoms with Gasteiger partial charge in [0, 0.05) is 36.8 Å². The Bertz CT molecular complexity index is 541. The van der Waals surface area contributed by atoms with Crippen LogP contribution in [-0.2, 0) is 16.1 Å². The molecule has 0 spiro atoms. The lowest BCUT2D eigenvalue weighted by Crippen LogP contribution is -2.37. The standard InChI is InChI=1S/C18H32N4O2/c1-18(2)7-6-13(10-15(18)17(23)24-5)16-14(11-20-21-16)12-22(4)9-8-19-3/h11,13,15,19H,6-10,12H2,1-5H3,(H,20,21). The highest BCUT2D eigenvalue weighted by atomic mass is 16.5. The number of nitrogens with zero attached hydrogens (tertiary/aromatic N) is 2. The number of rotatable bonds is 7. The summed E-state index contributed by atoms with van der Waals surface area (Å²) in [5, 5.41) is 10.6. The summed E-state index contributed by atoms with van der Waals surface area (Å²) in [5.41, 5.74) is 2.42. The zero-order chi connectivity index (χ0) is 17.7. The number of ether oxygens (including phenoxy) is 1. The lowest BCUT2D eigenvalue weighted by Gasteiger charge is -2.40. The maximum absolute atomic E-state index is 12.2. The van der Waals surface area contributed by atoms with E-state index >= 15 is 0 Å². The highest BCUT2D eigenvalue weighted by molar-refractivity contribution is 5.73. The summed E-state index contributed by atoms with van der Waals surface area (Å²) in [6.07, 6.45) is 4.86. The second kappa shape index (κ2) is 8.12. The van der Waals surface area contributed by atoms with Gasteiger partial charge in [0.25, 0.3) is 0 Å². The first kappa shape index (κ1) is 18.9. The zero-order valence-electron chi connectivity index (χ0n) is 15.7. The molecule has 136 valence electrons. The summed E-state index contributed by atoms with van der Waals surface area (Å²) in [4.78, 5) is 14.5. The number of nitrogens with one attached hydrogen (secondary N) is 2. The van der Waals surface area contributed by atoms with Crippen molar-refractivity contribution in [1.29, 1.82) is 0 Å². The van der Waals surface area contributed by atoms with Gasteiger partial charge >= 0.3 is 5.97 Å². The van der Waals surface area contributed by atoms with Crippen LogP contribution in [-0.4, -0.2) is 55.4 Å². The molecule has 1 saturated carbocycles. The third-order valence-electron chi connectivity index (χ3n) is 5.43. The monoisotopic (exact) mass is 336 g/mol. The predicted octanol–water partition coefficient (Wildman–Crippen LogP) is 2.14. The van der Waals surface area contributed by atoms with Gasteiger partial charge in [-0.15, -0.1) is 0 Å². The molecule has 0 radical (unpaired) electrons.